The van der Waals surface area contributed by atoms with E-state index >= 15 is 0 Å². The molecule has 2 aromatic heterocycles. The third-order valence-corrected chi connectivity index (χ3v) is 3.01. The second-order valence-electron chi connectivity index (χ2n) is 3.85. The lowest BCUT2D eigenvalue weighted by Crippen LogP contribution is -1.84. The Bertz CT molecular complexity index is 661. The second kappa shape index (κ2) is 2.64. The first-order valence-electron chi connectivity index (χ1n) is 5.13. The topological polar surface area (TPSA) is 38.7 Å². The van der Waals surface area contributed by atoms with Crippen molar-refractivity contribution in [3.05, 3.63) is 43.0 Å². The summed E-state index contributed by atoms with van der Waals surface area (Å²) in [4.78, 5) is 12.9. The zero-order valence-electron chi connectivity index (χ0n) is 8.38. The van der Waals surface area contributed by atoms with E-state index in [1.807, 2.05) is 18.5 Å². The third-order valence-electron chi connectivity index (χ3n) is 3.01. The minimum Gasteiger partial charge on any atom is -0.255 e. The van der Waals surface area contributed by atoms with E-state index in [1.165, 1.54) is 10.8 Å². The molecule has 74 valence electrons. The SMILES string of the molecule is c1cc2c3c(nccc3c1)-c1cncnc1-2. The minimum atomic E-state index is 0.995. The molecule has 1 aliphatic carbocycles. The molecule has 0 atom stereocenters. The molecule has 0 spiro atoms. The number of hydrogen-bond acceptors (Lipinski definition) is 3. The van der Waals surface area contributed by atoms with Crippen LogP contribution in [-0.2, 0) is 0 Å². The summed E-state index contributed by atoms with van der Waals surface area (Å²) in [5.74, 6) is 0. The van der Waals surface area contributed by atoms with Crippen LogP contribution in [0.25, 0.3) is 33.3 Å². The number of aromatic nitrogens is 3. The van der Waals surface area contributed by atoms with Gasteiger partial charge in [-0.2, -0.15) is 0 Å². The molecular weight excluding hydrogens is 198 g/mol. The molecule has 0 saturated heterocycles. The van der Waals surface area contributed by atoms with Crippen molar-refractivity contribution in [2.24, 2.45) is 0 Å². The van der Waals surface area contributed by atoms with Crippen LogP contribution in [0.5, 0.6) is 0 Å². The molecule has 0 bridgehead atoms. The Kier molecular flexibility index (Phi) is 1.31. The summed E-state index contributed by atoms with van der Waals surface area (Å²) < 4.78 is 0. The van der Waals surface area contributed by atoms with Crippen LogP contribution in [0.4, 0.5) is 0 Å². The number of benzene rings is 1. The maximum Gasteiger partial charge on any atom is 0.116 e. The number of fused-ring (bicyclic) bond motifs is 3. The van der Waals surface area contributed by atoms with Crippen LogP contribution in [0.15, 0.2) is 43.0 Å². The summed E-state index contributed by atoms with van der Waals surface area (Å²) in [5.41, 5.74) is 4.20. The van der Waals surface area contributed by atoms with Crippen molar-refractivity contribution in [1.82, 2.24) is 15.0 Å². The van der Waals surface area contributed by atoms with E-state index in [9.17, 15) is 0 Å². The Labute approximate surface area is 91.8 Å². The van der Waals surface area contributed by atoms with Gasteiger partial charge in [0.25, 0.3) is 0 Å². The Hall–Kier alpha value is -2.29. The quantitative estimate of drug-likeness (QED) is 0.443. The molecule has 3 nitrogen and oxygen atoms in total. The molecule has 1 aliphatic rings. The average Bonchev–Trinajstić information content (AvgIpc) is 2.68. The lowest BCUT2D eigenvalue weighted by atomic mass is 10.1. The van der Waals surface area contributed by atoms with Crippen molar-refractivity contribution < 1.29 is 0 Å². The fourth-order valence-corrected chi connectivity index (χ4v) is 2.35. The van der Waals surface area contributed by atoms with Crippen LogP contribution in [0.2, 0.25) is 0 Å². The van der Waals surface area contributed by atoms with Crippen LogP contribution < -0.4 is 0 Å². The summed E-state index contributed by atoms with van der Waals surface area (Å²) in [6.07, 6.45) is 5.26. The zero-order valence-corrected chi connectivity index (χ0v) is 8.38. The normalized spacial score (nSPS) is 11.8. The highest BCUT2D eigenvalue weighted by atomic mass is 14.8. The predicted molar refractivity (Wildman–Crippen MR) is 61.8 cm³/mol. The molecule has 0 aliphatic heterocycles. The lowest BCUT2D eigenvalue weighted by Gasteiger charge is -1.98. The molecule has 3 heteroatoms. The van der Waals surface area contributed by atoms with E-state index < -0.39 is 0 Å². The summed E-state index contributed by atoms with van der Waals surface area (Å²) in [6.45, 7) is 0. The monoisotopic (exact) mass is 205 g/mol. The zero-order chi connectivity index (χ0) is 10.5. The Morgan fingerprint density at radius 2 is 1.88 bits per heavy atom. The molecule has 0 N–H and O–H groups in total. The molecule has 1 aromatic carbocycles. The Morgan fingerprint density at radius 1 is 0.875 bits per heavy atom. The molecule has 4 rings (SSSR count). The smallest absolute Gasteiger partial charge is 0.116 e. The molecule has 16 heavy (non-hydrogen) atoms. The average molecular weight is 205 g/mol. The minimum absolute atomic E-state index is 0.995. The van der Waals surface area contributed by atoms with Crippen molar-refractivity contribution in [2.75, 3.05) is 0 Å². The van der Waals surface area contributed by atoms with Gasteiger partial charge in [-0.1, -0.05) is 18.2 Å². The second-order valence-corrected chi connectivity index (χ2v) is 3.85. The highest BCUT2D eigenvalue weighted by Crippen LogP contribution is 2.43. The summed E-state index contributed by atoms with van der Waals surface area (Å²) in [5, 5.41) is 2.40. The summed E-state index contributed by atoms with van der Waals surface area (Å²) in [7, 11) is 0. The van der Waals surface area contributed by atoms with E-state index in [0.717, 1.165) is 22.5 Å². The molecule has 0 radical (unpaired) electrons. The van der Waals surface area contributed by atoms with Gasteiger partial charge in [-0.25, -0.2) is 9.97 Å². The first-order valence-corrected chi connectivity index (χ1v) is 5.13. The fraction of sp³-hybridized carbons (Fsp3) is 0. The first-order chi connectivity index (χ1) is 7.95. The van der Waals surface area contributed by atoms with E-state index in [1.54, 1.807) is 6.33 Å². The maximum atomic E-state index is 4.44. The lowest BCUT2D eigenvalue weighted by molar-refractivity contribution is 1.18. The largest absolute Gasteiger partial charge is 0.255 e. The van der Waals surface area contributed by atoms with Gasteiger partial charge in [-0.05, 0) is 11.5 Å². The molecule has 0 saturated carbocycles. The van der Waals surface area contributed by atoms with Crippen LogP contribution >= 0.6 is 0 Å². The molecule has 0 amide bonds. The van der Waals surface area contributed by atoms with Gasteiger partial charge in [-0.15, -0.1) is 0 Å². The van der Waals surface area contributed by atoms with Gasteiger partial charge >= 0.3 is 0 Å². The number of pyridine rings is 1. The van der Waals surface area contributed by atoms with Crippen molar-refractivity contribution in [3.63, 3.8) is 0 Å². The number of hydrogen-bond donors (Lipinski definition) is 0. The van der Waals surface area contributed by atoms with E-state index in [-0.39, 0.29) is 0 Å². The molecular formula is C13H7N3. The highest BCUT2D eigenvalue weighted by molar-refractivity contribution is 6.12. The van der Waals surface area contributed by atoms with Crippen molar-refractivity contribution in [3.8, 4) is 22.5 Å². The van der Waals surface area contributed by atoms with Gasteiger partial charge < -0.3 is 0 Å². The van der Waals surface area contributed by atoms with Crippen molar-refractivity contribution in [1.29, 1.82) is 0 Å². The fourth-order valence-electron chi connectivity index (χ4n) is 2.35. The van der Waals surface area contributed by atoms with Gasteiger partial charge in [0, 0.05) is 28.9 Å². The molecule has 0 fully saturated rings. The number of nitrogens with zero attached hydrogens (tertiary/aromatic N) is 3. The van der Waals surface area contributed by atoms with E-state index in [2.05, 4.69) is 33.2 Å². The van der Waals surface area contributed by atoms with Crippen molar-refractivity contribution in [2.45, 2.75) is 0 Å². The van der Waals surface area contributed by atoms with Gasteiger partial charge in [0.1, 0.15) is 6.33 Å². The maximum absolute atomic E-state index is 4.44. The van der Waals surface area contributed by atoms with Gasteiger partial charge in [-0.3, -0.25) is 4.98 Å². The van der Waals surface area contributed by atoms with Crippen LogP contribution in [0.1, 0.15) is 0 Å². The van der Waals surface area contributed by atoms with Crippen LogP contribution in [0.3, 0.4) is 0 Å². The van der Waals surface area contributed by atoms with Crippen LogP contribution in [0, 0.1) is 0 Å². The number of rotatable bonds is 0. The van der Waals surface area contributed by atoms with E-state index in [4.69, 9.17) is 0 Å². The summed E-state index contributed by atoms with van der Waals surface area (Å²) in [6, 6.07) is 8.27. The standard InChI is InChI=1S/C13H7N3/c1-2-8-4-5-15-13-10-6-14-7-16-12(10)9(3-1)11(8)13/h1-7H. The molecule has 2 heterocycles. The van der Waals surface area contributed by atoms with Gasteiger partial charge in [0.15, 0.2) is 0 Å². The molecule has 3 aromatic rings. The van der Waals surface area contributed by atoms with Gasteiger partial charge in [0.2, 0.25) is 0 Å². The predicted octanol–water partition coefficient (Wildman–Crippen LogP) is 2.67. The highest BCUT2D eigenvalue weighted by Gasteiger charge is 2.22. The Morgan fingerprint density at radius 3 is 2.88 bits per heavy atom. The molecule has 0 unspecified atom stereocenters. The van der Waals surface area contributed by atoms with Crippen LogP contribution in [-0.4, -0.2) is 15.0 Å². The Balaban J connectivity index is 2.31. The summed E-state index contributed by atoms with van der Waals surface area (Å²) >= 11 is 0. The van der Waals surface area contributed by atoms with Gasteiger partial charge in [0.05, 0.1) is 11.4 Å². The van der Waals surface area contributed by atoms with E-state index in [0.29, 0.717) is 0 Å². The van der Waals surface area contributed by atoms with Crippen molar-refractivity contribution >= 4 is 10.8 Å². The first kappa shape index (κ1) is 7.93. The third kappa shape index (κ3) is 0.810.